The Labute approximate surface area is 109 Å². The van der Waals surface area contributed by atoms with E-state index in [1.807, 2.05) is 0 Å². The van der Waals surface area contributed by atoms with E-state index >= 15 is 0 Å². The summed E-state index contributed by atoms with van der Waals surface area (Å²) in [6, 6.07) is 5.56. The zero-order valence-electron chi connectivity index (χ0n) is 10.3. The summed E-state index contributed by atoms with van der Waals surface area (Å²) in [5.74, 6) is -0.260. The highest BCUT2D eigenvalue weighted by Gasteiger charge is 2.08. The molecule has 1 N–H and O–H groups in total. The van der Waals surface area contributed by atoms with E-state index < -0.39 is 10.8 Å². The maximum Gasteiger partial charge on any atom is 0.281 e. The molecule has 8 nitrogen and oxygen atoms in total. The second kappa shape index (κ2) is 8.01. The van der Waals surface area contributed by atoms with E-state index in [1.165, 1.54) is 31.4 Å². The lowest BCUT2D eigenvalue weighted by Crippen LogP contribution is -2.30. The molecule has 8 heteroatoms. The fourth-order valence-electron chi connectivity index (χ4n) is 1.12. The van der Waals surface area contributed by atoms with Gasteiger partial charge >= 0.3 is 0 Å². The van der Waals surface area contributed by atoms with Gasteiger partial charge in [0.1, 0.15) is 5.75 Å². The molecular weight excluding hydrogens is 256 g/mol. The molecule has 1 amide bonds. The Morgan fingerprint density at radius 3 is 2.89 bits per heavy atom. The summed E-state index contributed by atoms with van der Waals surface area (Å²) >= 11 is 0. The lowest BCUT2D eigenvalue weighted by molar-refractivity contribution is -0.384. The van der Waals surface area contributed by atoms with Crippen molar-refractivity contribution in [3.63, 3.8) is 0 Å². The number of nitro benzene ring substituents is 1. The predicted octanol–water partition coefficient (Wildman–Crippen LogP) is 0.668. The zero-order chi connectivity index (χ0) is 14.1. The largest absolute Gasteiger partial charge is 0.483 e. The van der Waals surface area contributed by atoms with Gasteiger partial charge in [0, 0.05) is 13.2 Å². The number of nitrogens with one attached hydrogen (secondary N) is 1. The van der Waals surface area contributed by atoms with Crippen LogP contribution >= 0.6 is 0 Å². The number of carbonyl (C=O) groups is 1. The Morgan fingerprint density at radius 1 is 1.42 bits per heavy atom. The van der Waals surface area contributed by atoms with Gasteiger partial charge in [-0.15, -0.1) is 0 Å². The van der Waals surface area contributed by atoms with Crippen molar-refractivity contribution < 1.29 is 24.0 Å². The van der Waals surface area contributed by atoms with Gasteiger partial charge in [-0.25, -0.2) is 5.48 Å². The Morgan fingerprint density at radius 2 is 2.21 bits per heavy atom. The molecule has 0 atom stereocenters. The molecule has 0 aliphatic carbocycles. The van der Waals surface area contributed by atoms with E-state index in [0.29, 0.717) is 6.61 Å². The van der Waals surface area contributed by atoms with Gasteiger partial charge in [0.15, 0.2) is 6.61 Å². The summed E-state index contributed by atoms with van der Waals surface area (Å²) in [5, 5.41) is 10.5. The second-order valence-electron chi connectivity index (χ2n) is 3.41. The highest BCUT2D eigenvalue weighted by molar-refractivity contribution is 5.76. The maximum absolute atomic E-state index is 11.3. The minimum atomic E-state index is -0.541. The number of rotatable bonds is 8. The molecule has 19 heavy (non-hydrogen) atoms. The van der Waals surface area contributed by atoms with E-state index in [-0.39, 0.29) is 24.7 Å². The van der Waals surface area contributed by atoms with E-state index in [4.69, 9.17) is 14.3 Å². The smallest absolute Gasteiger partial charge is 0.281 e. The van der Waals surface area contributed by atoms with Crippen LogP contribution in [0, 0.1) is 10.1 Å². The van der Waals surface area contributed by atoms with Gasteiger partial charge in [0.2, 0.25) is 0 Å². The van der Waals surface area contributed by atoms with E-state index in [1.54, 1.807) is 0 Å². The summed E-state index contributed by atoms with van der Waals surface area (Å²) in [7, 11) is 1.51. The van der Waals surface area contributed by atoms with Crippen LogP contribution in [0.4, 0.5) is 5.69 Å². The number of hydroxylamine groups is 1. The monoisotopic (exact) mass is 270 g/mol. The summed E-state index contributed by atoms with van der Waals surface area (Å²) in [6.07, 6.45) is 0. The van der Waals surface area contributed by atoms with Crippen molar-refractivity contribution in [3.05, 3.63) is 34.4 Å². The number of benzene rings is 1. The van der Waals surface area contributed by atoms with Gasteiger partial charge in [0.25, 0.3) is 11.6 Å². The summed E-state index contributed by atoms with van der Waals surface area (Å²) in [6.45, 7) is 0.277. The van der Waals surface area contributed by atoms with Crippen LogP contribution < -0.4 is 10.2 Å². The number of ether oxygens (including phenoxy) is 2. The predicted molar refractivity (Wildman–Crippen MR) is 64.6 cm³/mol. The van der Waals surface area contributed by atoms with Crippen molar-refractivity contribution in [3.8, 4) is 5.75 Å². The quantitative estimate of drug-likeness (QED) is 0.423. The first-order valence-corrected chi connectivity index (χ1v) is 5.40. The molecule has 0 radical (unpaired) electrons. The number of carbonyl (C=O) groups excluding carboxylic acids is 1. The van der Waals surface area contributed by atoms with Gasteiger partial charge in [-0.1, -0.05) is 6.07 Å². The third kappa shape index (κ3) is 5.80. The van der Waals surface area contributed by atoms with Gasteiger partial charge in [-0.2, -0.15) is 0 Å². The minimum absolute atomic E-state index is 0.103. The molecule has 0 spiro atoms. The van der Waals surface area contributed by atoms with Crippen LogP contribution in [-0.2, 0) is 14.4 Å². The summed E-state index contributed by atoms with van der Waals surface area (Å²) in [5.41, 5.74) is 2.04. The molecule has 0 bridgehead atoms. The SMILES string of the molecule is COCCONC(=O)COc1cccc([N+](=O)[O-])c1. The summed E-state index contributed by atoms with van der Waals surface area (Å²) in [4.78, 5) is 26.0. The molecule has 0 fully saturated rings. The van der Waals surface area contributed by atoms with Gasteiger partial charge < -0.3 is 9.47 Å². The molecule has 0 aliphatic heterocycles. The number of hydrogen-bond donors (Lipinski definition) is 1. The number of nitrogens with zero attached hydrogens (tertiary/aromatic N) is 1. The minimum Gasteiger partial charge on any atom is -0.483 e. The molecule has 1 aromatic carbocycles. The molecular formula is C11H14N2O6. The van der Waals surface area contributed by atoms with Crippen molar-refractivity contribution >= 4 is 11.6 Å². The van der Waals surface area contributed by atoms with E-state index in [9.17, 15) is 14.9 Å². The summed E-state index contributed by atoms with van der Waals surface area (Å²) < 4.78 is 9.81. The van der Waals surface area contributed by atoms with Gasteiger partial charge in [-0.05, 0) is 6.07 Å². The number of hydrogen-bond acceptors (Lipinski definition) is 6. The van der Waals surface area contributed by atoms with Gasteiger partial charge in [-0.3, -0.25) is 19.7 Å². The normalized spacial score (nSPS) is 9.95. The van der Waals surface area contributed by atoms with Crippen LogP contribution in [-0.4, -0.2) is 37.8 Å². The molecule has 0 aromatic heterocycles. The molecule has 1 aromatic rings. The van der Waals surface area contributed by atoms with E-state index in [2.05, 4.69) is 5.48 Å². The molecule has 0 aliphatic rings. The number of nitro groups is 1. The third-order valence-corrected chi connectivity index (χ3v) is 1.97. The molecule has 104 valence electrons. The average Bonchev–Trinajstić information content (AvgIpc) is 2.41. The molecule has 0 heterocycles. The average molecular weight is 270 g/mol. The first kappa shape index (κ1) is 14.9. The zero-order valence-corrected chi connectivity index (χ0v) is 10.3. The Balaban J connectivity index is 2.33. The molecule has 0 saturated carbocycles. The molecule has 0 saturated heterocycles. The third-order valence-electron chi connectivity index (χ3n) is 1.97. The lowest BCUT2D eigenvalue weighted by Gasteiger charge is -2.07. The van der Waals surface area contributed by atoms with Crippen molar-refractivity contribution in [2.45, 2.75) is 0 Å². The Hall–Kier alpha value is -2.19. The van der Waals surface area contributed by atoms with Crippen molar-refractivity contribution in [1.29, 1.82) is 0 Å². The highest BCUT2D eigenvalue weighted by atomic mass is 16.7. The van der Waals surface area contributed by atoms with Crippen molar-refractivity contribution in [2.24, 2.45) is 0 Å². The Kier molecular flexibility index (Phi) is 6.27. The fraction of sp³-hybridized carbons (Fsp3) is 0.364. The van der Waals surface area contributed by atoms with E-state index in [0.717, 1.165) is 0 Å². The van der Waals surface area contributed by atoms with Crippen LogP contribution in [0.1, 0.15) is 0 Å². The van der Waals surface area contributed by atoms with Crippen molar-refractivity contribution in [2.75, 3.05) is 26.9 Å². The van der Waals surface area contributed by atoms with Crippen LogP contribution in [0.5, 0.6) is 5.75 Å². The fourth-order valence-corrected chi connectivity index (χ4v) is 1.12. The highest BCUT2D eigenvalue weighted by Crippen LogP contribution is 2.18. The Bertz CT molecular complexity index is 437. The molecule has 0 unspecified atom stereocenters. The number of methoxy groups -OCH3 is 1. The lowest BCUT2D eigenvalue weighted by atomic mass is 10.3. The number of non-ortho nitro benzene ring substituents is 1. The van der Waals surface area contributed by atoms with Crippen molar-refractivity contribution in [1.82, 2.24) is 5.48 Å². The van der Waals surface area contributed by atoms with Crippen LogP contribution in [0.3, 0.4) is 0 Å². The topological polar surface area (TPSA) is 99.9 Å². The molecule has 1 rings (SSSR count). The second-order valence-corrected chi connectivity index (χ2v) is 3.41. The first-order chi connectivity index (χ1) is 9.13. The maximum atomic E-state index is 11.3. The first-order valence-electron chi connectivity index (χ1n) is 5.40. The van der Waals surface area contributed by atoms with Crippen LogP contribution in [0.15, 0.2) is 24.3 Å². The van der Waals surface area contributed by atoms with Gasteiger partial charge in [0.05, 0.1) is 24.2 Å². The standard InChI is InChI=1S/C11H14N2O6/c1-17-5-6-19-12-11(14)8-18-10-4-2-3-9(7-10)13(15)16/h2-4,7H,5-6,8H2,1H3,(H,12,14). The van der Waals surface area contributed by atoms with Crippen LogP contribution in [0.2, 0.25) is 0 Å². The number of amides is 1. The van der Waals surface area contributed by atoms with Crippen LogP contribution in [0.25, 0.3) is 0 Å².